The number of nitrogens with zero attached hydrogens (tertiary/aromatic N) is 1. The van der Waals surface area contributed by atoms with Crippen molar-refractivity contribution in [2.75, 3.05) is 25.0 Å². The van der Waals surface area contributed by atoms with Crippen LogP contribution in [0.5, 0.6) is 11.5 Å². The van der Waals surface area contributed by atoms with E-state index in [9.17, 15) is 13.2 Å². The molecule has 0 aliphatic carbocycles. The second kappa shape index (κ2) is 9.32. The minimum atomic E-state index is -3.77. The Morgan fingerprint density at radius 1 is 0.969 bits per heavy atom. The molecule has 0 spiro atoms. The lowest BCUT2D eigenvalue weighted by molar-refractivity contribution is -0.134. The zero-order valence-electron chi connectivity index (χ0n) is 17.7. The molecular formula is C24H24N2O5S. The van der Waals surface area contributed by atoms with Gasteiger partial charge in [0.2, 0.25) is 0 Å². The number of benzene rings is 3. The Morgan fingerprint density at radius 3 is 2.47 bits per heavy atom. The lowest BCUT2D eigenvalue weighted by atomic mass is 10.00. The van der Waals surface area contributed by atoms with Crippen LogP contribution >= 0.6 is 0 Å². The second-order valence-electron chi connectivity index (χ2n) is 7.43. The highest BCUT2D eigenvalue weighted by Crippen LogP contribution is 2.23. The van der Waals surface area contributed by atoms with Crippen LogP contribution in [0.15, 0.2) is 77.7 Å². The van der Waals surface area contributed by atoms with Gasteiger partial charge in [-0.05, 0) is 53.9 Å². The topological polar surface area (TPSA) is 84.9 Å². The molecule has 0 unspecified atom stereocenters. The third-order valence-corrected chi connectivity index (χ3v) is 6.70. The Labute approximate surface area is 187 Å². The number of amides is 1. The molecule has 4 rings (SSSR count). The Bertz CT molecular complexity index is 1210. The Kier molecular flexibility index (Phi) is 6.32. The maximum Gasteiger partial charge on any atom is 0.261 e. The molecule has 3 aromatic carbocycles. The summed E-state index contributed by atoms with van der Waals surface area (Å²) in [4.78, 5) is 14.4. The first-order chi connectivity index (χ1) is 15.4. The van der Waals surface area contributed by atoms with Crippen LogP contribution in [-0.4, -0.2) is 39.5 Å². The van der Waals surface area contributed by atoms with Crippen LogP contribution in [0.4, 0.5) is 5.69 Å². The first-order valence-electron chi connectivity index (χ1n) is 10.2. The largest absolute Gasteiger partial charge is 0.497 e. The van der Waals surface area contributed by atoms with Crippen molar-refractivity contribution in [1.29, 1.82) is 0 Å². The first-order valence-corrected chi connectivity index (χ1v) is 11.7. The maximum absolute atomic E-state index is 12.6. The first kappa shape index (κ1) is 21.7. The summed E-state index contributed by atoms with van der Waals surface area (Å²) in [7, 11) is -2.25. The SMILES string of the molecule is COc1cccc(NS(=O)(=O)c2ccc(OCC(=O)N3CCc4ccccc4C3)cc2)c1. The van der Waals surface area contributed by atoms with E-state index in [4.69, 9.17) is 9.47 Å². The molecular weight excluding hydrogens is 428 g/mol. The van der Waals surface area contributed by atoms with Crippen molar-refractivity contribution in [3.63, 3.8) is 0 Å². The van der Waals surface area contributed by atoms with Gasteiger partial charge in [0.15, 0.2) is 6.61 Å². The number of methoxy groups -OCH3 is 1. The molecule has 1 N–H and O–H groups in total. The average molecular weight is 453 g/mol. The molecule has 32 heavy (non-hydrogen) atoms. The quantitative estimate of drug-likeness (QED) is 0.594. The van der Waals surface area contributed by atoms with E-state index in [1.165, 1.54) is 24.8 Å². The lowest BCUT2D eigenvalue weighted by Crippen LogP contribution is -2.38. The summed E-state index contributed by atoms with van der Waals surface area (Å²) in [6.45, 7) is 1.13. The van der Waals surface area contributed by atoms with Gasteiger partial charge in [0.1, 0.15) is 11.5 Å². The molecule has 3 aromatic rings. The highest BCUT2D eigenvalue weighted by molar-refractivity contribution is 7.92. The fraction of sp³-hybridized carbons (Fsp3) is 0.208. The Morgan fingerprint density at radius 2 is 1.72 bits per heavy atom. The van der Waals surface area contributed by atoms with Crippen LogP contribution in [-0.2, 0) is 27.8 Å². The molecule has 1 aliphatic rings. The minimum absolute atomic E-state index is 0.0895. The summed E-state index contributed by atoms with van der Waals surface area (Å²) in [5.41, 5.74) is 2.83. The molecule has 0 fully saturated rings. The summed E-state index contributed by atoms with van der Waals surface area (Å²) in [5.74, 6) is 0.878. The smallest absolute Gasteiger partial charge is 0.261 e. The van der Waals surface area contributed by atoms with Crippen molar-refractivity contribution in [3.05, 3.63) is 83.9 Å². The van der Waals surface area contributed by atoms with Crippen LogP contribution in [0.25, 0.3) is 0 Å². The van der Waals surface area contributed by atoms with Crippen molar-refractivity contribution in [2.45, 2.75) is 17.9 Å². The van der Waals surface area contributed by atoms with Crippen LogP contribution in [0.1, 0.15) is 11.1 Å². The molecule has 1 aliphatic heterocycles. The second-order valence-corrected chi connectivity index (χ2v) is 9.11. The van der Waals surface area contributed by atoms with Gasteiger partial charge in [-0.2, -0.15) is 0 Å². The number of fused-ring (bicyclic) bond motifs is 1. The number of rotatable bonds is 7. The summed E-state index contributed by atoms with van der Waals surface area (Å²) < 4.78 is 38.5. The zero-order chi connectivity index (χ0) is 22.6. The average Bonchev–Trinajstić information content (AvgIpc) is 2.82. The summed E-state index contributed by atoms with van der Waals surface area (Å²) in [5, 5.41) is 0. The van der Waals surface area contributed by atoms with Crippen molar-refractivity contribution >= 4 is 21.6 Å². The van der Waals surface area contributed by atoms with Gasteiger partial charge in [-0.1, -0.05) is 30.3 Å². The van der Waals surface area contributed by atoms with Gasteiger partial charge in [-0.3, -0.25) is 9.52 Å². The third kappa shape index (κ3) is 5.03. The van der Waals surface area contributed by atoms with Crippen LogP contribution in [0.2, 0.25) is 0 Å². The van der Waals surface area contributed by atoms with E-state index in [1.54, 1.807) is 41.3 Å². The van der Waals surface area contributed by atoms with Crippen molar-refractivity contribution in [2.24, 2.45) is 0 Å². The number of nitrogens with one attached hydrogen (secondary N) is 1. The van der Waals surface area contributed by atoms with E-state index in [0.717, 1.165) is 12.0 Å². The molecule has 1 heterocycles. The number of carbonyl (C=O) groups excluding carboxylic acids is 1. The molecule has 0 atom stereocenters. The van der Waals surface area contributed by atoms with Gasteiger partial charge in [-0.15, -0.1) is 0 Å². The van der Waals surface area contributed by atoms with Crippen LogP contribution < -0.4 is 14.2 Å². The third-order valence-electron chi connectivity index (χ3n) is 5.30. The van der Waals surface area contributed by atoms with Gasteiger partial charge in [-0.25, -0.2) is 8.42 Å². The minimum Gasteiger partial charge on any atom is -0.497 e. The molecule has 0 aromatic heterocycles. The number of anilines is 1. The number of ether oxygens (including phenoxy) is 2. The summed E-state index contributed by atoms with van der Waals surface area (Å²) in [6, 6.07) is 20.7. The van der Waals surface area contributed by atoms with E-state index in [-0.39, 0.29) is 17.4 Å². The van der Waals surface area contributed by atoms with Crippen molar-refractivity contribution < 1.29 is 22.7 Å². The highest BCUT2D eigenvalue weighted by atomic mass is 32.2. The standard InChI is InChI=1S/C24H24N2O5S/c1-30-22-8-4-7-20(15-22)25-32(28,29)23-11-9-21(10-12-23)31-17-24(27)26-14-13-18-5-2-3-6-19(18)16-26/h2-12,15,25H,13-14,16-17H2,1H3. The van der Waals surface area contributed by atoms with Crippen LogP contribution in [0.3, 0.4) is 0 Å². The van der Waals surface area contributed by atoms with E-state index < -0.39 is 10.0 Å². The lowest BCUT2D eigenvalue weighted by Gasteiger charge is -2.28. The van der Waals surface area contributed by atoms with E-state index in [1.807, 2.05) is 18.2 Å². The van der Waals surface area contributed by atoms with E-state index in [2.05, 4.69) is 10.8 Å². The maximum atomic E-state index is 12.6. The van der Waals surface area contributed by atoms with Gasteiger partial charge < -0.3 is 14.4 Å². The number of sulfonamides is 1. The summed E-state index contributed by atoms with van der Waals surface area (Å²) >= 11 is 0. The number of hydrogen-bond acceptors (Lipinski definition) is 5. The molecule has 0 saturated heterocycles. The fourth-order valence-corrected chi connectivity index (χ4v) is 4.61. The zero-order valence-corrected chi connectivity index (χ0v) is 18.5. The fourth-order valence-electron chi connectivity index (χ4n) is 3.56. The van der Waals surface area contributed by atoms with Crippen molar-refractivity contribution in [3.8, 4) is 11.5 Å². The van der Waals surface area contributed by atoms with Gasteiger partial charge in [0.25, 0.3) is 15.9 Å². The van der Waals surface area contributed by atoms with Gasteiger partial charge >= 0.3 is 0 Å². The molecule has 0 bridgehead atoms. The molecule has 8 heteroatoms. The molecule has 1 amide bonds. The van der Waals surface area contributed by atoms with Crippen molar-refractivity contribution in [1.82, 2.24) is 4.90 Å². The van der Waals surface area contributed by atoms with E-state index >= 15 is 0 Å². The van der Waals surface area contributed by atoms with E-state index in [0.29, 0.717) is 30.3 Å². The summed E-state index contributed by atoms with van der Waals surface area (Å²) in [6.07, 6.45) is 0.828. The van der Waals surface area contributed by atoms with Crippen LogP contribution in [0, 0.1) is 0 Å². The number of hydrogen-bond donors (Lipinski definition) is 1. The van der Waals surface area contributed by atoms with Gasteiger partial charge in [0, 0.05) is 19.2 Å². The Balaban J connectivity index is 1.35. The predicted octanol–water partition coefficient (Wildman–Crippen LogP) is 3.46. The normalized spacial score (nSPS) is 13.2. The molecule has 0 saturated carbocycles. The highest BCUT2D eigenvalue weighted by Gasteiger charge is 2.21. The Hall–Kier alpha value is -3.52. The monoisotopic (exact) mass is 452 g/mol. The molecule has 0 radical (unpaired) electrons. The molecule has 166 valence electrons. The number of carbonyl (C=O) groups is 1. The predicted molar refractivity (Wildman–Crippen MR) is 121 cm³/mol. The van der Waals surface area contributed by atoms with Gasteiger partial charge in [0.05, 0.1) is 17.7 Å². The molecule has 7 nitrogen and oxygen atoms in total.